The molecule has 7 heteroatoms. The van der Waals surface area contributed by atoms with Crippen molar-refractivity contribution in [2.45, 2.75) is 32.4 Å². The second-order valence-electron chi connectivity index (χ2n) is 7.16. The van der Waals surface area contributed by atoms with E-state index < -0.39 is 0 Å². The van der Waals surface area contributed by atoms with E-state index in [1.165, 1.54) is 0 Å². The Hall–Kier alpha value is -3.37. The predicted octanol–water partition coefficient (Wildman–Crippen LogP) is 2.72. The highest BCUT2D eigenvalue weighted by atomic mass is 16.1. The quantitative estimate of drug-likeness (QED) is 0.615. The van der Waals surface area contributed by atoms with E-state index in [2.05, 4.69) is 23.0 Å². The fourth-order valence-corrected chi connectivity index (χ4v) is 3.45. The molecule has 0 bridgehead atoms. The summed E-state index contributed by atoms with van der Waals surface area (Å²) in [6.45, 7) is 2.94. The molecule has 2 heterocycles. The van der Waals surface area contributed by atoms with Crippen molar-refractivity contribution < 1.29 is 0 Å². The molecule has 0 aliphatic heterocycles. The van der Waals surface area contributed by atoms with Gasteiger partial charge in [0.2, 0.25) is 5.95 Å². The Morgan fingerprint density at radius 2 is 2.14 bits per heavy atom. The molecule has 0 fully saturated rings. The molecule has 0 aliphatic rings. The van der Waals surface area contributed by atoms with Crippen molar-refractivity contribution in [1.29, 1.82) is 5.26 Å². The predicted molar refractivity (Wildman–Crippen MR) is 115 cm³/mol. The second kappa shape index (κ2) is 9.22. The highest BCUT2D eigenvalue weighted by Crippen LogP contribution is 2.19. The average Bonchev–Trinajstić information content (AvgIpc) is 3.24. The molecule has 0 amide bonds. The first-order chi connectivity index (χ1) is 14.0. The van der Waals surface area contributed by atoms with Gasteiger partial charge in [-0.05, 0) is 24.1 Å². The summed E-state index contributed by atoms with van der Waals surface area (Å²) in [5, 5.41) is 9.44. The van der Waals surface area contributed by atoms with Crippen LogP contribution in [0.5, 0.6) is 0 Å². The number of likely N-dealkylation sites (N-methyl/N-ethyl adjacent to an activating group) is 1. The molecule has 2 aromatic heterocycles. The Bertz CT molecular complexity index is 1050. The van der Waals surface area contributed by atoms with Crippen LogP contribution < -0.4 is 16.2 Å². The van der Waals surface area contributed by atoms with Gasteiger partial charge in [-0.1, -0.05) is 31.5 Å². The number of rotatable bonds is 8. The third-order valence-electron chi connectivity index (χ3n) is 4.91. The molecule has 0 unspecified atom stereocenters. The summed E-state index contributed by atoms with van der Waals surface area (Å²) in [6, 6.07) is 11.3. The lowest BCUT2D eigenvalue weighted by molar-refractivity contribution is 0.582. The summed E-state index contributed by atoms with van der Waals surface area (Å²) in [4.78, 5) is 22.9. The summed E-state index contributed by atoms with van der Waals surface area (Å²) < 4.78 is 1.62. The Morgan fingerprint density at radius 3 is 2.83 bits per heavy atom. The van der Waals surface area contributed by atoms with Gasteiger partial charge in [0.15, 0.2) is 0 Å². The summed E-state index contributed by atoms with van der Waals surface area (Å²) in [5.41, 5.74) is 8.67. The van der Waals surface area contributed by atoms with Crippen LogP contribution in [-0.2, 0) is 6.54 Å². The minimum Gasteiger partial charge on any atom is -0.367 e. The highest BCUT2D eigenvalue weighted by molar-refractivity contribution is 5.61. The van der Waals surface area contributed by atoms with Crippen LogP contribution in [0.4, 0.5) is 5.95 Å². The lowest BCUT2D eigenvalue weighted by Crippen LogP contribution is -2.39. The first kappa shape index (κ1) is 20.4. The third-order valence-corrected chi connectivity index (χ3v) is 4.91. The van der Waals surface area contributed by atoms with E-state index in [1.807, 2.05) is 36.2 Å². The maximum Gasteiger partial charge on any atom is 0.263 e. The van der Waals surface area contributed by atoms with E-state index in [4.69, 9.17) is 5.73 Å². The van der Waals surface area contributed by atoms with Crippen LogP contribution in [0.2, 0.25) is 0 Å². The van der Waals surface area contributed by atoms with Gasteiger partial charge in [0, 0.05) is 43.8 Å². The number of nitrogens with one attached hydrogen (secondary N) is 1. The number of aromatic nitrogens is 3. The molecule has 0 radical (unpaired) electrons. The molecule has 1 aromatic carbocycles. The first-order valence-electron chi connectivity index (χ1n) is 9.72. The first-order valence-corrected chi connectivity index (χ1v) is 9.72. The van der Waals surface area contributed by atoms with Gasteiger partial charge in [0.25, 0.3) is 5.56 Å². The maximum absolute atomic E-state index is 13.4. The summed E-state index contributed by atoms with van der Waals surface area (Å²) in [5.74, 6) is 0.536. The number of H-pyrrole nitrogens is 1. The Balaban J connectivity index is 2.07. The SMILES string of the molecule is CCC[C@@H](N)CN(C)c1ncc(-c2cc[nH]c2)c(=O)n1Cc1ccccc1C#N. The van der Waals surface area contributed by atoms with E-state index in [0.29, 0.717) is 23.6 Å². The molecule has 0 saturated carbocycles. The van der Waals surface area contributed by atoms with Crippen LogP contribution in [0.25, 0.3) is 11.1 Å². The number of hydrogen-bond acceptors (Lipinski definition) is 5. The standard InChI is InChI=1S/C22H26N6O/c1-3-6-19(24)15-27(2)22-26-13-20(17-9-10-25-12-17)21(29)28(22)14-18-8-5-4-7-16(18)11-23/h4-5,7-10,12-13,19,25H,3,6,14-15,24H2,1-2H3/t19-/m1/s1. The Labute approximate surface area is 170 Å². The van der Waals surface area contributed by atoms with Gasteiger partial charge in [0.1, 0.15) is 0 Å². The highest BCUT2D eigenvalue weighted by Gasteiger charge is 2.18. The van der Waals surface area contributed by atoms with Crippen LogP contribution in [-0.4, -0.2) is 34.2 Å². The number of aromatic amines is 1. The number of nitriles is 1. The number of benzene rings is 1. The molecule has 0 spiro atoms. The van der Waals surface area contributed by atoms with Gasteiger partial charge in [-0.3, -0.25) is 9.36 Å². The Morgan fingerprint density at radius 1 is 1.34 bits per heavy atom. The number of hydrogen-bond donors (Lipinski definition) is 2. The maximum atomic E-state index is 13.4. The lowest BCUT2D eigenvalue weighted by Gasteiger charge is -2.25. The average molecular weight is 390 g/mol. The van der Waals surface area contributed by atoms with Crippen molar-refractivity contribution in [3.63, 3.8) is 0 Å². The fraction of sp³-hybridized carbons (Fsp3) is 0.318. The van der Waals surface area contributed by atoms with Gasteiger partial charge in [-0.25, -0.2) is 4.98 Å². The van der Waals surface area contributed by atoms with Crippen LogP contribution in [0.15, 0.2) is 53.7 Å². The molecular weight excluding hydrogens is 364 g/mol. The molecule has 150 valence electrons. The van der Waals surface area contributed by atoms with Crippen molar-refractivity contribution in [3.05, 3.63) is 70.4 Å². The van der Waals surface area contributed by atoms with Crippen molar-refractivity contribution in [2.24, 2.45) is 5.73 Å². The molecule has 3 aromatic rings. The second-order valence-corrected chi connectivity index (χ2v) is 7.16. The molecule has 29 heavy (non-hydrogen) atoms. The van der Waals surface area contributed by atoms with E-state index in [-0.39, 0.29) is 18.1 Å². The van der Waals surface area contributed by atoms with Crippen molar-refractivity contribution in [1.82, 2.24) is 14.5 Å². The summed E-state index contributed by atoms with van der Waals surface area (Å²) in [7, 11) is 1.89. The van der Waals surface area contributed by atoms with Crippen LogP contribution in [0.1, 0.15) is 30.9 Å². The van der Waals surface area contributed by atoms with Gasteiger partial charge < -0.3 is 15.6 Å². The van der Waals surface area contributed by atoms with Crippen LogP contribution >= 0.6 is 0 Å². The van der Waals surface area contributed by atoms with E-state index in [1.54, 1.807) is 29.2 Å². The zero-order valence-corrected chi connectivity index (χ0v) is 16.8. The van der Waals surface area contributed by atoms with Crippen molar-refractivity contribution in [2.75, 3.05) is 18.5 Å². The minimum atomic E-state index is -0.154. The molecule has 0 aliphatic carbocycles. The molecule has 0 saturated heterocycles. The summed E-state index contributed by atoms with van der Waals surface area (Å²) in [6.07, 6.45) is 7.04. The van der Waals surface area contributed by atoms with Gasteiger partial charge >= 0.3 is 0 Å². The monoisotopic (exact) mass is 390 g/mol. The smallest absolute Gasteiger partial charge is 0.263 e. The Kier molecular flexibility index (Phi) is 6.47. The lowest BCUT2D eigenvalue weighted by atomic mass is 10.1. The number of anilines is 1. The van der Waals surface area contributed by atoms with E-state index in [9.17, 15) is 10.1 Å². The molecule has 3 N–H and O–H groups in total. The molecular formula is C22H26N6O. The largest absolute Gasteiger partial charge is 0.367 e. The molecule has 7 nitrogen and oxygen atoms in total. The topological polar surface area (TPSA) is 104 Å². The van der Waals surface area contributed by atoms with Crippen LogP contribution in [0, 0.1) is 11.3 Å². The third kappa shape index (κ3) is 4.55. The zero-order chi connectivity index (χ0) is 20.8. The fourth-order valence-electron chi connectivity index (χ4n) is 3.45. The summed E-state index contributed by atoms with van der Waals surface area (Å²) >= 11 is 0. The van der Waals surface area contributed by atoms with Crippen molar-refractivity contribution in [3.8, 4) is 17.2 Å². The number of nitrogens with two attached hydrogens (primary N) is 1. The van der Waals surface area contributed by atoms with Crippen molar-refractivity contribution >= 4 is 5.95 Å². The number of nitrogens with zero attached hydrogens (tertiary/aromatic N) is 4. The normalized spacial score (nSPS) is 11.8. The van der Waals surface area contributed by atoms with Gasteiger partial charge in [-0.2, -0.15) is 5.26 Å². The zero-order valence-electron chi connectivity index (χ0n) is 16.8. The minimum absolute atomic E-state index is 0.00824. The van der Waals surface area contributed by atoms with Gasteiger partial charge in [0.05, 0.1) is 23.7 Å². The molecule has 1 atom stereocenters. The van der Waals surface area contributed by atoms with E-state index in [0.717, 1.165) is 24.0 Å². The van der Waals surface area contributed by atoms with Crippen LogP contribution in [0.3, 0.4) is 0 Å². The molecule has 3 rings (SSSR count). The van der Waals surface area contributed by atoms with E-state index >= 15 is 0 Å². The van der Waals surface area contributed by atoms with Gasteiger partial charge in [-0.15, -0.1) is 0 Å².